The lowest BCUT2D eigenvalue weighted by atomic mass is 10.00. The van der Waals surface area contributed by atoms with Crippen molar-refractivity contribution < 1.29 is 44.0 Å². The summed E-state index contributed by atoms with van der Waals surface area (Å²) in [6.07, 6.45) is 12.9. The van der Waals surface area contributed by atoms with Crippen molar-refractivity contribution in [2.24, 2.45) is 0 Å². The van der Waals surface area contributed by atoms with Gasteiger partial charge in [-0.05, 0) is 79.0 Å². The van der Waals surface area contributed by atoms with Crippen LogP contribution in [0.1, 0.15) is 87.2 Å². The van der Waals surface area contributed by atoms with Crippen LogP contribution in [0.5, 0.6) is 0 Å². The van der Waals surface area contributed by atoms with Crippen LogP contribution in [0.2, 0.25) is 16.6 Å². The van der Waals surface area contributed by atoms with Gasteiger partial charge in [-0.15, -0.1) is 0 Å². The highest BCUT2D eigenvalue weighted by molar-refractivity contribution is 7.92. The molecule has 0 fully saturated rings. The lowest BCUT2D eigenvalue weighted by Crippen LogP contribution is -2.51. The first-order valence-corrected chi connectivity index (χ1v) is 28.4. The maximum absolute atomic E-state index is 15.7. The number of hydrogen-bond donors (Lipinski definition) is 3. The number of benzene rings is 2. The summed E-state index contributed by atoms with van der Waals surface area (Å²) in [5.74, 6) is -7.17. The Hall–Kier alpha value is -7.10. The van der Waals surface area contributed by atoms with E-state index in [2.05, 4.69) is 70.4 Å². The van der Waals surface area contributed by atoms with Crippen LogP contribution in [-0.4, -0.2) is 77.3 Å². The van der Waals surface area contributed by atoms with Crippen molar-refractivity contribution in [1.82, 2.24) is 29.2 Å². The van der Waals surface area contributed by atoms with Crippen LogP contribution < -0.4 is 9.44 Å². The van der Waals surface area contributed by atoms with Crippen LogP contribution in [0.25, 0.3) is 44.3 Å². The van der Waals surface area contributed by atoms with Gasteiger partial charge in [0.25, 0.3) is 0 Å². The molecule has 0 saturated heterocycles. The Labute approximate surface area is 415 Å². The Morgan fingerprint density at radius 1 is 0.625 bits per heavy atom. The zero-order valence-corrected chi connectivity index (χ0v) is 43.2. The van der Waals surface area contributed by atoms with Crippen molar-refractivity contribution in [1.29, 1.82) is 0 Å². The van der Waals surface area contributed by atoms with Gasteiger partial charge >= 0.3 is 0 Å². The standard InChI is InChI=1S/C30H36F2N4O3SSi.C21H16F2N4O3S/c1-8-40(38,39)35-26-12-11-25(31)27(28(26)32)29(37)24-17-36(41(18(2)3,19(4)5)20(6)7)30-23(24)14-22(16-34-30)21-10-9-13-33-15-21;1-2-31(29,30)27-17-6-5-16(22)18(19(17)23)20(28)15-11-26-21-14(15)8-13(10-25-21)12-4-3-7-24-9-12/h9-20,35H,8H2,1-7H3;3-11,27H,2H2,1H3,(H,25,26). The van der Waals surface area contributed by atoms with Gasteiger partial charge in [-0.1, -0.05) is 53.7 Å². The fourth-order valence-electron chi connectivity index (χ4n) is 9.42. The van der Waals surface area contributed by atoms with Crippen LogP contribution >= 0.6 is 0 Å². The van der Waals surface area contributed by atoms with E-state index in [4.69, 9.17) is 4.98 Å². The SMILES string of the molecule is CCS(=O)(=O)Nc1ccc(F)c(C(=O)c2c[nH]c3ncc(-c4cccnc4)cc23)c1F.CCS(=O)(=O)Nc1ccc(F)c(C(=O)c2cn([Si](C(C)C)(C(C)C)C(C)C)c3ncc(-c4cccnc4)cc23)c1F. The van der Waals surface area contributed by atoms with Gasteiger partial charge in [0.15, 0.2) is 19.9 Å². The van der Waals surface area contributed by atoms with Gasteiger partial charge in [-0.3, -0.25) is 29.0 Å². The fourth-order valence-corrected chi connectivity index (χ4v) is 17.3. The zero-order valence-electron chi connectivity index (χ0n) is 40.6. The smallest absolute Gasteiger partial charge is 0.232 e. The van der Waals surface area contributed by atoms with Crippen molar-refractivity contribution in [2.45, 2.75) is 72.0 Å². The number of aromatic amines is 1. The Morgan fingerprint density at radius 2 is 1.08 bits per heavy atom. The first kappa shape index (κ1) is 52.7. The van der Waals surface area contributed by atoms with E-state index in [1.54, 1.807) is 61.6 Å². The van der Waals surface area contributed by atoms with Gasteiger partial charge < -0.3 is 9.22 Å². The molecule has 3 N–H and O–H groups in total. The number of rotatable bonds is 16. The normalized spacial score (nSPS) is 12.2. The molecule has 376 valence electrons. The van der Waals surface area contributed by atoms with Crippen molar-refractivity contribution in [3.05, 3.63) is 156 Å². The largest absolute Gasteiger partial charge is 0.358 e. The summed E-state index contributed by atoms with van der Waals surface area (Å²) in [5.41, 5.74) is 2.04. The molecule has 0 saturated carbocycles. The average Bonchev–Trinajstić information content (AvgIpc) is 3.96. The summed E-state index contributed by atoms with van der Waals surface area (Å²) in [6.45, 7) is 15.8. The minimum Gasteiger partial charge on any atom is -0.358 e. The summed E-state index contributed by atoms with van der Waals surface area (Å²) < 4.78 is 114. The van der Waals surface area contributed by atoms with Gasteiger partial charge in [0.2, 0.25) is 31.6 Å². The number of nitrogens with one attached hydrogen (secondary N) is 3. The van der Waals surface area contributed by atoms with E-state index in [0.29, 0.717) is 33.2 Å². The predicted molar refractivity (Wildman–Crippen MR) is 274 cm³/mol. The Balaban J connectivity index is 0.000000219. The monoisotopic (exact) mass is 1040 g/mol. The highest BCUT2D eigenvalue weighted by Crippen LogP contribution is 2.45. The van der Waals surface area contributed by atoms with Crippen LogP contribution in [0, 0.1) is 23.3 Å². The number of hydrogen-bond acceptors (Lipinski definition) is 10. The third-order valence-electron chi connectivity index (χ3n) is 12.8. The molecule has 0 spiro atoms. The molecule has 0 amide bonds. The summed E-state index contributed by atoms with van der Waals surface area (Å²) in [7, 11) is -10.1. The van der Waals surface area contributed by atoms with E-state index in [1.807, 2.05) is 22.9 Å². The van der Waals surface area contributed by atoms with Gasteiger partial charge in [0.05, 0.1) is 34.0 Å². The van der Waals surface area contributed by atoms with Crippen molar-refractivity contribution >= 4 is 73.3 Å². The second-order valence-electron chi connectivity index (χ2n) is 17.9. The Bertz CT molecular complexity index is 3550. The molecule has 2 aromatic carbocycles. The predicted octanol–water partition coefficient (Wildman–Crippen LogP) is 11.3. The summed E-state index contributed by atoms with van der Waals surface area (Å²) >= 11 is 0. The van der Waals surface area contributed by atoms with Crippen LogP contribution in [0.3, 0.4) is 0 Å². The number of anilines is 2. The number of carbonyl (C=O) groups excluding carboxylic acids is 2. The van der Waals surface area contributed by atoms with Crippen molar-refractivity contribution in [3.63, 3.8) is 0 Å². The van der Waals surface area contributed by atoms with E-state index in [1.165, 1.54) is 20.0 Å². The molecule has 0 aliphatic heterocycles. The molecular weight excluding hydrogens is 989 g/mol. The molecule has 8 aromatic rings. The number of fused-ring (bicyclic) bond motifs is 2. The van der Waals surface area contributed by atoms with E-state index < -0.39 is 85.6 Å². The summed E-state index contributed by atoms with van der Waals surface area (Å²) in [6, 6.07) is 14.4. The minimum absolute atomic E-state index is 0.00142. The number of nitrogens with zero attached hydrogens (tertiary/aromatic N) is 5. The third kappa shape index (κ3) is 10.2. The van der Waals surface area contributed by atoms with Crippen molar-refractivity contribution in [3.8, 4) is 22.3 Å². The van der Waals surface area contributed by atoms with Gasteiger partial charge in [-0.2, -0.15) is 0 Å². The molecule has 0 aliphatic rings. The highest BCUT2D eigenvalue weighted by atomic mass is 32.2. The molecule has 6 heterocycles. The number of halogens is 4. The fraction of sp³-hybridized carbons (Fsp3) is 0.255. The highest BCUT2D eigenvalue weighted by Gasteiger charge is 2.47. The second-order valence-corrected chi connectivity index (χ2v) is 27.6. The Kier molecular flexibility index (Phi) is 15.3. The van der Waals surface area contributed by atoms with E-state index in [-0.39, 0.29) is 39.3 Å². The zero-order chi connectivity index (χ0) is 52.4. The van der Waals surface area contributed by atoms with E-state index in [0.717, 1.165) is 35.4 Å². The molecule has 72 heavy (non-hydrogen) atoms. The molecule has 0 bridgehead atoms. The molecule has 6 aromatic heterocycles. The topological polar surface area (TPSA) is 199 Å². The second kappa shape index (κ2) is 20.9. The maximum Gasteiger partial charge on any atom is 0.232 e. The van der Waals surface area contributed by atoms with Crippen molar-refractivity contribution in [2.75, 3.05) is 20.9 Å². The molecular formula is C51H52F4N8O6S2Si. The number of ketones is 2. The van der Waals surface area contributed by atoms with Gasteiger partial charge in [0.1, 0.15) is 22.9 Å². The molecule has 0 aliphatic carbocycles. The van der Waals surface area contributed by atoms with E-state index >= 15 is 8.78 Å². The third-order valence-corrected chi connectivity index (χ3v) is 22.1. The molecule has 8 rings (SSSR count). The molecule has 21 heteroatoms. The number of pyridine rings is 4. The van der Waals surface area contributed by atoms with Crippen LogP contribution in [0.4, 0.5) is 28.9 Å². The number of sulfonamides is 2. The lowest BCUT2D eigenvalue weighted by Gasteiger charge is -2.44. The summed E-state index contributed by atoms with van der Waals surface area (Å²) in [4.78, 5) is 47.3. The summed E-state index contributed by atoms with van der Waals surface area (Å²) in [5, 5.41) is 0.832. The number of aromatic nitrogens is 6. The average molecular weight is 1040 g/mol. The van der Waals surface area contributed by atoms with Crippen LogP contribution in [-0.2, 0) is 20.0 Å². The Morgan fingerprint density at radius 3 is 1.53 bits per heavy atom. The first-order chi connectivity index (χ1) is 34.1. The van der Waals surface area contributed by atoms with E-state index in [9.17, 15) is 35.2 Å². The maximum atomic E-state index is 15.7. The van der Waals surface area contributed by atoms with Gasteiger partial charge in [-0.25, -0.2) is 44.4 Å². The van der Waals surface area contributed by atoms with Gasteiger partial charge in [0, 0.05) is 93.7 Å². The molecule has 0 radical (unpaired) electrons. The minimum atomic E-state index is -3.87. The number of H-pyrrole nitrogens is 1. The molecule has 0 unspecified atom stereocenters. The first-order valence-electron chi connectivity index (χ1n) is 22.9. The quantitative estimate of drug-likeness (QED) is 0.0475. The molecule has 0 atom stereocenters. The van der Waals surface area contributed by atoms with Crippen LogP contribution in [0.15, 0.2) is 110 Å². The molecule has 14 nitrogen and oxygen atoms in total. The lowest BCUT2D eigenvalue weighted by molar-refractivity contribution is 0.102. The number of carbonyl (C=O) groups is 2.